The van der Waals surface area contributed by atoms with Gasteiger partial charge in [-0.1, -0.05) is 55.3 Å². The minimum atomic E-state index is 0.283. The molecule has 3 saturated carbocycles. The molecule has 5 aliphatic rings. The Balaban J connectivity index is 1.34. The van der Waals surface area contributed by atoms with E-state index >= 15 is 0 Å². The molecule has 0 saturated heterocycles. The molecule has 4 bridgehead atoms. The van der Waals surface area contributed by atoms with Crippen molar-refractivity contribution in [2.75, 3.05) is 6.61 Å². The average molecular weight is 420 g/mol. The van der Waals surface area contributed by atoms with Crippen molar-refractivity contribution >= 4 is 6.21 Å². The van der Waals surface area contributed by atoms with Crippen LogP contribution in [0.3, 0.4) is 0 Å². The molecule has 1 aromatic rings. The number of hydrogen-bond donors (Lipinski definition) is 0. The zero-order chi connectivity index (χ0) is 21.5. The van der Waals surface area contributed by atoms with Crippen LogP contribution in [0.15, 0.2) is 47.0 Å². The Hall–Kier alpha value is -1.41. The van der Waals surface area contributed by atoms with Crippen LogP contribution in [-0.2, 0) is 11.3 Å². The normalized spacial score (nSPS) is 39.6. The molecule has 6 rings (SSSR count). The fourth-order valence-corrected chi connectivity index (χ4v) is 8.60. The maximum absolute atomic E-state index is 6.12. The molecule has 2 heterocycles. The first-order valence-corrected chi connectivity index (χ1v) is 12.8. The lowest BCUT2D eigenvalue weighted by molar-refractivity contribution is -0.112. The van der Waals surface area contributed by atoms with Crippen LogP contribution in [0, 0.1) is 28.1 Å². The van der Waals surface area contributed by atoms with Crippen molar-refractivity contribution in [2.24, 2.45) is 33.1 Å². The first-order valence-electron chi connectivity index (χ1n) is 12.8. The van der Waals surface area contributed by atoms with Gasteiger partial charge in [-0.2, -0.15) is 0 Å². The molecule has 1 aromatic carbocycles. The second-order valence-electron chi connectivity index (χ2n) is 11.5. The van der Waals surface area contributed by atoms with Crippen LogP contribution in [0.4, 0.5) is 0 Å². The summed E-state index contributed by atoms with van der Waals surface area (Å²) in [6, 6.07) is 11.2. The molecular formula is C29H41NO. The van der Waals surface area contributed by atoms with Gasteiger partial charge in [-0.25, -0.2) is 0 Å². The highest BCUT2D eigenvalue weighted by Crippen LogP contribution is 2.77. The van der Waals surface area contributed by atoms with E-state index in [0.29, 0.717) is 16.9 Å². The van der Waals surface area contributed by atoms with E-state index in [9.17, 15) is 0 Å². The molecule has 168 valence electrons. The van der Waals surface area contributed by atoms with Crippen LogP contribution >= 0.6 is 0 Å². The molecule has 0 amide bonds. The van der Waals surface area contributed by atoms with Crippen LogP contribution < -0.4 is 0 Å². The van der Waals surface area contributed by atoms with Gasteiger partial charge in [0.05, 0.1) is 12.6 Å². The van der Waals surface area contributed by atoms with Gasteiger partial charge in [-0.05, 0) is 93.4 Å². The molecule has 3 aliphatic carbocycles. The van der Waals surface area contributed by atoms with Gasteiger partial charge in [-0.3, -0.25) is 4.99 Å². The minimum Gasteiger partial charge on any atom is -0.377 e. The highest BCUT2D eigenvalue weighted by Gasteiger charge is 2.74. The minimum absolute atomic E-state index is 0.283. The highest BCUT2D eigenvalue weighted by molar-refractivity contribution is 5.72. The lowest BCUT2D eigenvalue weighted by atomic mass is 9.40. The fourth-order valence-electron chi connectivity index (χ4n) is 8.60. The van der Waals surface area contributed by atoms with Crippen LogP contribution in [0.2, 0.25) is 0 Å². The number of hydrogen-bond acceptors (Lipinski definition) is 2. The highest BCUT2D eigenvalue weighted by atomic mass is 16.5. The van der Waals surface area contributed by atoms with Crippen molar-refractivity contribution in [1.29, 1.82) is 0 Å². The number of allylic oxidation sites excluding steroid dienone is 2. The molecular weight excluding hydrogens is 378 g/mol. The fraction of sp³-hybridized carbons (Fsp3) is 0.690. The van der Waals surface area contributed by atoms with Crippen molar-refractivity contribution in [3.8, 4) is 0 Å². The molecule has 31 heavy (non-hydrogen) atoms. The number of benzene rings is 1. The lowest BCUT2D eigenvalue weighted by Crippen LogP contribution is -2.65. The third-order valence-electron chi connectivity index (χ3n) is 9.90. The van der Waals surface area contributed by atoms with Crippen molar-refractivity contribution in [3.05, 3.63) is 47.5 Å². The Morgan fingerprint density at radius 3 is 2.77 bits per heavy atom. The summed E-state index contributed by atoms with van der Waals surface area (Å²) >= 11 is 0. The second kappa shape index (κ2) is 8.18. The zero-order valence-corrected chi connectivity index (χ0v) is 19.9. The lowest BCUT2D eigenvalue weighted by Gasteiger charge is -2.65. The summed E-state index contributed by atoms with van der Waals surface area (Å²) in [5, 5.41) is 0. The summed E-state index contributed by atoms with van der Waals surface area (Å²) in [5.41, 5.74) is 3.95. The van der Waals surface area contributed by atoms with E-state index in [4.69, 9.17) is 9.73 Å². The quantitative estimate of drug-likeness (QED) is 0.302. The van der Waals surface area contributed by atoms with Gasteiger partial charge < -0.3 is 4.74 Å². The van der Waals surface area contributed by atoms with Crippen LogP contribution in [0.25, 0.3) is 0 Å². The Kier molecular flexibility index (Phi) is 5.65. The van der Waals surface area contributed by atoms with Gasteiger partial charge in [-0.15, -0.1) is 0 Å². The predicted molar refractivity (Wildman–Crippen MR) is 129 cm³/mol. The van der Waals surface area contributed by atoms with E-state index < -0.39 is 0 Å². The van der Waals surface area contributed by atoms with Gasteiger partial charge in [0.15, 0.2) is 0 Å². The number of ether oxygens (including phenoxy) is 1. The molecule has 0 unspecified atom stereocenters. The number of nitrogens with zero attached hydrogens (tertiary/aromatic N) is 1. The van der Waals surface area contributed by atoms with Gasteiger partial charge in [0, 0.05) is 18.2 Å². The first-order chi connectivity index (χ1) is 15.0. The summed E-state index contributed by atoms with van der Waals surface area (Å²) in [5.74, 6) is 1.65. The van der Waals surface area contributed by atoms with E-state index in [-0.39, 0.29) is 5.41 Å². The van der Waals surface area contributed by atoms with E-state index in [1.54, 1.807) is 0 Å². The summed E-state index contributed by atoms with van der Waals surface area (Å²) in [6.07, 6.45) is 17.1. The van der Waals surface area contributed by atoms with E-state index in [1.807, 2.05) is 0 Å². The predicted octanol–water partition coefficient (Wildman–Crippen LogP) is 7.39. The van der Waals surface area contributed by atoms with E-state index in [2.05, 4.69) is 63.4 Å². The first kappa shape index (κ1) is 21.4. The Morgan fingerprint density at radius 1 is 1.13 bits per heavy atom. The van der Waals surface area contributed by atoms with Gasteiger partial charge in [0.2, 0.25) is 0 Å². The topological polar surface area (TPSA) is 21.6 Å². The monoisotopic (exact) mass is 419 g/mol. The van der Waals surface area contributed by atoms with Crippen molar-refractivity contribution in [1.82, 2.24) is 0 Å². The standard InChI is InChI=1S/C29H41NO/c1-22(2)10-7-15-27(3)24-14-18-28-16-8-13-25(28)29(27,21-30-26(24)28)17-9-19-31-20-23-11-5-4-6-12-23/h4-6,10-12,21,24-26H,7-9,13-20H2,1-3H3/t24-,25-,26-,27+,28-,29-/m1/s1. The zero-order valence-electron chi connectivity index (χ0n) is 19.9. The molecule has 2 aliphatic heterocycles. The molecule has 3 fully saturated rings. The summed E-state index contributed by atoms with van der Waals surface area (Å²) in [7, 11) is 0. The van der Waals surface area contributed by atoms with E-state index in [1.165, 1.54) is 62.5 Å². The second-order valence-corrected chi connectivity index (χ2v) is 11.5. The van der Waals surface area contributed by atoms with Gasteiger partial charge >= 0.3 is 0 Å². The van der Waals surface area contributed by atoms with Crippen LogP contribution in [0.5, 0.6) is 0 Å². The third-order valence-corrected chi connectivity index (χ3v) is 9.90. The maximum Gasteiger partial charge on any atom is 0.0716 e. The van der Waals surface area contributed by atoms with Crippen molar-refractivity contribution < 1.29 is 4.74 Å². The molecule has 0 aromatic heterocycles. The number of aliphatic imine (C=N–C) groups is 1. The molecule has 6 atom stereocenters. The third kappa shape index (κ3) is 3.27. The van der Waals surface area contributed by atoms with E-state index in [0.717, 1.165) is 31.5 Å². The largest absolute Gasteiger partial charge is 0.377 e. The summed E-state index contributed by atoms with van der Waals surface area (Å²) in [4.78, 5) is 5.33. The SMILES string of the molecule is CC(C)=CCC[C@@]1(C)[C@@H]2CC[C@]34CCC[C@H]3[C@@]1(CCCOCc1ccccc1)C=N[C@H]24. The Morgan fingerprint density at radius 2 is 1.97 bits per heavy atom. The number of rotatable bonds is 9. The average Bonchev–Trinajstić information content (AvgIpc) is 3.36. The van der Waals surface area contributed by atoms with Gasteiger partial charge in [0.1, 0.15) is 0 Å². The van der Waals surface area contributed by atoms with Crippen molar-refractivity contribution in [3.63, 3.8) is 0 Å². The summed E-state index contributed by atoms with van der Waals surface area (Å²) in [6.45, 7) is 8.75. The maximum atomic E-state index is 6.12. The molecule has 2 nitrogen and oxygen atoms in total. The molecule has 0 radical (unpaired) electrons. The molecule has 0 N–H and O–H groups in total. The summed E-state index contributed by atoms with van der Waals surface area (Å²) < 4.78 is 6.12. The van der Waals surface area contributed by atoms with Crippen LogP contribution in [0.1, 0.15) is 84.1 Å². The molecule has 2 heteroatoms. The van der Waals surface area contributed by atoms with Crippen molar-refractivity contribution in [2.45, 2.75) is 91.2 Å². The smallest absolute Gasteiger partial charge is 0.0716 e. The Labute approximate surface area is 189 Å². The van der Waals surface area contributed by atoms with Gasteiger partial charge in [0.25, 0.3) is 0 Å². The van der Waals surface area contributed by atoms with Crippen LogP contribution in [-0.4, -0.2) is 18.9 Å². The molecule has 1 spiro atoms. The Bertz CT molecular complexity index is 840.